The smallest absolute Gasteiger partial charge is 0.196 e. The van der Waals surface area contributed by atoms with Gasteiger partial charge in [0.25, 0.3) is 0 Å². The van der Waals surface area contributed by atoms with Gasteiger partial charge in [0.15, 0.2) is 5.78 Å². The zero-order valence-electron chi connectivity index (χ0n) is 10.3. The number of aromatic nitrogens is 1. The number of carbonyl (C=O) groups is 1. The fourth-order valence-electron chi connectivity index (χ4n) is 2.13. The third-order valence-corrected chi connectivity index (χ3v) is 3.59. The van der Waals surface area contributed by atoms with Gasteiger partial charge in [0, 0.05) is 27.8 Å². The van der Waals surface area contributed by atoms with Gasteiger partial charge in [0.2, 0.25) is 0 Å². The molecule has 0 saturated carbocycles. The van der Waals surface area contributed by atoms with Gasteiger partial charge < -0.3 is 0 Å². The summed E-state index contributed by atoms with van der Waals surface area (Å²) in [5, 5.41) is 1.63. The number of nitrogens with zero attached hydrogens (tertiary/aromatic N) is 1. The van der Waals surface area contributed by atoms with Gasteiger partial charge in [-0.25, -0.2) is 4.39 Å². The molecule has 0 fully saturated rings. The number of hydrogen-bond donors (Lipinski definition) is 0. The monoisotopic (exact) mass is 329 g/mol. The van der Waals surface area contributed by atoms with E-state index in [9.17, 15) is 9.18 Å². The second kappa shape index (κ2) is 5.13. The summed E-state index contributed by atoms with van der Waals surface area (Å²) in [4.78, 5) is 16.6. The standard InChI is InChI=1S/C16H9BrFNO/c17-11-4-5-15(18)13(8-11)16(20)12-3-1-2-10-6-7-19-9-14(10)12/h1-9H. The van der Waals surface area contributed by atoms with Crippen LogP contribution in [0.2, 0.25) is 0 Å². The van der Waals surface area contributed by atoms with E-state index in [1.54, 1.807) is 30.6 Å². The van der Waals surface area contributed by atoms with Crippen LogP contribution < -0.4 is 0 Å². The van der Waals surface area contributed by atoms with E-state index in [1.165, 1.54) is 12.1 Å². The minimum absolute atomic E-state index is 0.0516. The second-order valence-corrected chi connectivity index (χ2v) is 5.27. The van der Waals surface area contributed by atoms with Gasteiger partial charge in [-0.15, -0.1) is 0 Å². The van der Waals surface area contributed by atoms with Gasteiger partial charge in [-0.2, -0.15) is 0 Å². The summed E-state index contributed by atoms with van der Waals surface area (Å²) in [5.74, 6) is -0.874. The number of carbonyl (C=O) groups excluding carboxylic acids is 1. The van der Waals surface area contributed by atoms with Crippen molar-refractivity contribution in [2.45, 2.75) is 0 Å². The van der Waals surface area contributed by atoms with E-state index >= 15 is 0 Å². The van der Waals surface area contributed by atoms with Gasteiger partial charge >= 0.3 is 0 Å². The number of halogens is 2. The molecule has 3 rings (SSSR count). The Morgan fingerprint density at radius 3 is 2.80 bits per heavy atom. The van der Waals surface area contributed by atoms with Crippen molar-refractivity contribution in [2.75, 3.05) is 0 Å². The highest BCUT2D eigenvalue weighted by atomic mass is 79.9. The van der Waals surface area contributed by atoms with E-state index in [2.05, 4.69) is 20.9 Å². The molecule has 2 nitrogen and oxygen atoms in total. The van der Waals surface area contributed by atoms with E-state index in [4.69, 9.17) is 0 Å². The fourth-order valence-corrected chi connectivity index (χ4v) is 2.49. The topological polar surface area (TPSA) is 30.0 Å². The molecule has 0 spiro atoms. The summed E-state index contributed by atoms with van der Waals surface area (Å²) in [6, 6.07) is 11.5. The zero-order chi connectivity index (χ0) is 14.1. The first-order valence-corrected chi connectivity index (χ1v) is 6.78. The number of benzene rings is 2. The SMILES string of the molecule is O=C(c1cc(Br)ccc1F)c1cccc2ccncc12. The van der Waals surface area contributed by atoms with Crippen molar-refractivity contribution >= 4 is 32.5 Å². The Hall–Kier alpha value is -2.07. The van der Waals surface area contributed by atoms with Crippen LogP contribution in [0.4, 0.5) is 4.39 Å². The van der Waals surface area contributed by atoms with E-state index in [0.29, 0.717) is 10.0 Å². The molecule has 0 atom stereocenters. The Labute approximate surface area is 123 Å². The number of fused-ring (bicyclic) bond motifs is 1. The average molecular weight is 330 g/mol. The predicted molar refractivity (Wildman–Crippen MR) is 79.3 cm³/mol. The minimum Gasteiger partial charge on any atom is -0.288 e. The molecule has 0 saturated heterocycles. The van der Waals surface area contributed by atoms with E-state index in [0.717, 1.165) is 10.8 Å². The summed E-state index contributed by atoms with van der Waals surface area (Å²) in [6.07, 6.45) is 3.29. The molecule has 0 radical (unpaired) electrons. The molecule has 0 amide bonds. The van der Waals surface area contributed by atoms with Gasteiger partial charge in [-0.1, -0.05) is 34.1 Å². The molecule has 0 bridgehead atoms. The third-order valence-electron chi connectivity index (χ3n) is 3.10. The molecule has 4 heteroatoms. The number of rotatable bonds is 2. The Morgan fingerprint density at radius 1 is 1.10 bits per heavy atom. The molecular weight excluding hydrogens is 321 g/mol. The highest BCUT2D eigenvalue weighted by molar-refractivity contribution is 9.10. The molecule has 3 aromatic rings. The zero-order valence-corrected chi connectivity index (χ0v) is 11.9. The van der Waals surface area contributed by atoms with Crippen LogP contribution in [0.15, 0.2) is 59.3 Å². The van der Waals surface area contributed by atoms with Crippen LogP contribution in [-0.4, -0.2) is 10.8 Å². The van der Waals surface area contributed by atoms with E-state index < -0.39 is 5.82 Å². The first-order valence-electron chi connectivity index (χ1n) is 5.99. The molecule has 0 unspecified atom stereocenters. The van der Waals surface area contributed by atoms with Crippen LogP contribution >= 0.6 is 15.9 Å². The lowest BCUT2D eigenvalue weighted by atomic mass is 9.98. The first-order chi connectivity index (χ1) is 9.66. The van der Waals surface area contributed by atoms with Crippen molar-refractivity contribution in [1.82, 2.24) is 4.98 Å². The Bertz CT molecular complexity index is 811. The van der Waals surface area contributed by atoms with Crippen LogP contribution in [0.3, 0.4) is 0 Å². The highest BCUT2D eigenvalue weighted by Crippen LogP contribution is 2.23. The molecule has 98 valence electrons. The van der Waals surface area contributed by atoms with Gasteiger partial charge in [0.05, 0.1) is 5.56 Å². The molecule has 1 aromatic heterocycles. The molecule has 0 aliphatic heterocycles. The van der Waals surface area contributed by atoms with Crippen LogP contribution in [0.1, 0.15) is 15.9 Å². The maximum Gasteiger partial charge on any atom is 0.196 e. The van der Waals surface area contributed by atoms with E-state index in [-0.39, 0.29) is 11.3 Å². The molecule has 2 aromatic carbocycles. The summed E-state index contributed by atoms with van der Waals surface area (Å²) < 4.78 is 14.5. The quantitative estimate of drug-likeness (QED) is 0.653. The Balaban J connectivity index is 2.20. The maximum atomic E-state index is 13.8. The summed E-state index contributed by atoms with van der Waals surface area (Å²) >= 11 is 3.26. The van der Waals surface area contributed by atoms with Crippen molar-refractivity contribution in [3.8, 4) is 0 Å². The lowest BCUT2D eigenvalue weighted by Crippen LogP contribution is -2.05. The van der Waals surface area contributed by atoms with Crippen LogP contribution in [0.25, 0.3) is 10.8 Å². The van der Waals surface area contributed by atoms with E-state index in [1.807, 2.05) is 12.1 Å². The van der Waals surface area contributed by atoms with Crippen molar-refractivity contribution in [3.63, 3.8) is 0 Å². The van der Waals surface area contributed by atoms with Crippen molar-refractivity contribution in [1.29, 1.82) is 0 Å². The predicted octanol–water partition coefficient (Wildman–Crippen LogP) is 4.37. The third kappa shape index (κ3) is 2.23. The summed E-state index contributed by atoms with van der Waals surface area (Å²) in [5.41, 5.74) is 0.503. The number of hydrogen-bond acceptors (Lipinski definition) is 2. The average Bonchev–Trinajstić information content (AvgIpc) is 2.48. The van der Waals surface area contributed by atoms with Gasteiger partial charge in [-0.3, -0.25) is 9.78 Å². The Morgan fingerprint density at radius 2 is 1.95 bits per heavy atom. The fraction of sp³-hybridized carbons (Fsp3) is 0. The van der Waals surface area contributed by atoms with Gasteiger partial charge in [0.1, 0.15) is 5.82 Å². The molecule has 20 heavy (non-hydrogen) atoms. The van der Waals surface area contributed by atoms with Crippen molar-refractivity contribution in [3.05, 3.63) is 76.3 Å². The van der Waals surface area contributed by atoms with Crippen molar-refractivity contribution in [2.24, 2.45) is 0 Å². The first kappa shape index (κ1) is 12.9. The molecule has 0 aliphatic rings. The van der Waals surface area contributed by atoms with Gasteiger partial charge in [-0.05, 0) is 29.7 Å². The summed E-state index contributed by atoms with van der Waals surface area (Å²) in [6.45, 7) is 0. The second-order valence-electron chi connectivity index (χ2n) is 4.36. The van der Waals surface area contributed by atoms with Crippen LogP contribution in [-0.2, 0) is 0 Å². The summed E-state index contributed by atoms with van der Waals surface area (Å²) in [7, 11) is 0. The number of ketones is 1. The largest absolute Gasteiger partial charge is 0.288 e. The maximum absolute atomic E-state index is 13.8. The number of pyridine rings is 1. The minimum atomic E-state index is -0.529. The highest BCUT2D eigenvalue weighted by Gasteiger charge is 2.16. The lowest BCUT2D eigenvalue weighted by molar-refractivity contribution is 0.103. The van der Waals surface area contributed by atoms with Crippen LogP contribution in [0.5, 0.6) is 0 Å². The normalized spacial score (nSPS) is 10.7. The Kier molecular flexibility index (Phi) is 3.32. The lowest BCUT2D eigenvalue weighted by Gasteiger charge is -2.06. The molecular formula is C16H9BrFNO. The molecule has 0 aliphatic carbocycles. The van der Waals surface area contributed by atoms with Crippen LogP contribution in [0, 0.1) is 5.82 Å². The molecule has 0 N–H and O–H groups in total. The molecule has 1 heterocycles. The van der Waals surface area contributed by atoms with Crippen molar-refractivity contribution < 1.29 is 9.18 Å².